The number of carbonyl (C=O) groups is 1. The molecule has 2 heterocycles. The summed E-state index contributed by atoms with van der Waals surface area (Å²) in [5.74, 6) is -1.53. The molecule has 0 aliphatic carbocycles. The molecule has 130 valence electrons. The van der Waals surface area contributed by atoms with Gasteiger partial charge in [0, 0.05) is 36.2 Å². The third kappa shape index (κ3) is 4.42. The lowest BCUT2D eigenvalue weighted by Crippen LogP contribution is -2.50. The number of nitrogens with two attached hydrogens (primary N) is 1. The monoisotopic (exact) mass is 360 g/mol. The summed E-state index contributed by atoms with van der Waals surface area (Å²) in [5.41, 5.74) is 5.12. The summed E-state index contributed by atoms with van der Waals surface area (Å²) in [6, 6.07) is 0.258. The molecule has 1 fully saturated rings. The van der Waals surface area contributed by atoms with E-state index in [-0.39, 0.29) is 6.04 Å². The Hall–Kier alpha value is -1.19. The molecule has 1 aromatic heterocycles. The summed E-state index contributed by atoms with van der Waals surface area (Å²) in [5, 5.41) is 0.423. The summed E-state index contributed by atoms with van der Waals surface area (Å²) in [7, 11) is -3.81. The highest BCUT2D eigenvalue weighted by Gasteiger charge is 2.35. The van der Waals surface area contributed by atoms with Gasteiger partial charge >= 0.3 is 0 Å². The highest BCUT2D eigenvalue weighted by atomic mass is 32.2. The number of sulfonamides is 1. The van der Waals surface area contributed by atoms with E-state index in [1.54, 1.807) is 6.20 Å². The third-order valence-electron chi connectivity index (χ3n) is 3.98. The molecule has 23 heavy (non-hydrogen) atoms. The van der Waals surface area contributed by atoms with Crippen molar-refractivity contribution in [2.45, 2.75) is 45.7 Å². The molecule has 0 bridgehead atoms. The van der Waals surface area contributed by atoms with Crippen molar-refractivity contribution in [3.63, 3.8) is 0 Å². The van der Waals surface area contributed by atoms with Gasteiger partial charge in [-0.2, -0.15) is 0 Å². The molecule has 1 saturated heterocycles. The van der Waals surface area contributed by atoms with Crippen molar-refractivity contribution >= 4 is 32.4 Å². The standard InChI is InChI=1S/C14H24N4O3S2/c1-10(2)17-6-4-12(5-7-17)18(14-16-8-11(3)22-14)23(20,21)9-13(15)19/h8,10,12H,4-7,9H2,1-3H3,(H2,15,19). The molecular formula is C14H24N4O3S2. The van der Waals surface area contributed by atoms with E-state index in [9.17, 15) is 13.2 Å². The molecule has 0 atom stereocenters. The van der Waals surface area contributed by atoms with E-state index in [0.29, 0.717) is 11.2 Å². The first-order valence-electron chi connectivity index (χ1n) is 7.67. The number of rotatable bonds is 6. The molecule has 1 aliphatic heterocycles. The minimum Gasteiger partial charge on any atom is -0.369 e. The van der Waals surface area contributed by atoms with Gasteiger partial charge in [0.1, 0.15) is 5.75 Å². The van der Waals surface area contributed by atoms with Gasteiger partial charge in [0.15, 0.2) is 5.13 Å². The molecule has 9 heteroatoms. The maximum Gasteiger partial charge on any atom is 0.246 e. The van der Waals surface area contributed by atoms with Crippen LogP contribution in [0, 0.1) is 6.92 Å². The average Bonchev–Trinajstić information content (AvgIpc) is 2.83. The Morgan fingerprint density at radius 3 is 2.52 bits per heavy atom. The zero-order chi connectivity index (χ0) is 17.2. The lowest BCUT2D eigenvalue weighted by atomic mass is 10.0. The van der Waals surface area contributed by atoms with E-state index in [4.69, 9.17) is 5.73 Å². The second-order valence-electron chi connectivity index (χ2n) is 6.13. The summed E-state index contributed by atoms with van der Waals surface area (Å²) in [6.45, 7) is 7.80. The van der Waals surface area contributed by atoms with Gasteiger partial charge < -0.3 is 10.6 Å². The number of likely N-dealkylation sites (tertiary alicyclic amines) is 1. The van der Waals surface area contributed by atoms with E-state index in [1.807, 2.05) is 6.92 Å². The van der Waals surface area contributed by atoms with Crippen LogP contribution in [0.15, 0.2) is 6.20 Å². The van der Waals surface area contributed by atoms with E-state index in [1.165, 1.54) is 15.6 Å². The molecular weight excluding hydrogens is 336 g/mol. The second kappa shape index (κ2) is 7.14. The van der Waals surface area contributed by atoms with Crippen molar-refractivity contribution in [3.8, 4) is 0 Å². The maximum absolute atomic E-state index is 12.6. The van der Waals surface area contributed by atoms with Gasteiger partial charge in [-0.05, 0) is 33.6 Å². The number of primary amides is 1. The summed E-state index contributed by atoms with van der Waals surface area (Å²) in [6.07, 6.45) is 3.08. The molecule has 0 aromatic carbocycles. The number of hydrogen-bond donors (Lipinski definition) is 1. The third-order valence-corrected chi connectivity index (χ3v) is 6.73. The molecule has 2 N–H and O–H groups in total. The normalized spacial score (nSPS) is 17.6. The quantitative estimate of drug-likeness (QED) is 0.814. The second-order valence-corrected chi connectivity index (χ2v) is 9.19. The fourth-order valence-corrected chi connectivity index (χ4v) is 5.47. The number of piperidine rings is 1. The van der Waals surface area contributed by atoms with Crippen LogP contribution in [0.1, 0.15) is 31.6 Å². The molecule has 0 unspecified atom stereocenters. The number of aryl methyl sites for hydroxylation is 1. The molecule has 0 saturated carbocycles. The van der Waals surface area contributed by atoms with Crippen LogP contribution in [-0.4, -0.2) is 55.1 Å². The van der Waals surface area contributed by atoms with E-state index < -0.39 is 21.7 Å². The Morgan fingerprint density at radius 2 is 2.09 bits per heavy atom. The number of nitrogens with zero attached hydrogens (tertiary/aromatic N) is 3. The van der Waals surface area contributed by atoms with Crippen molar-refractivity contribution in [2.24, 2.45) is 5.73 Å². The largest absolute Gasteiger partial charge is 0.369 e. The molecule has 7 nitrogen and oxygen atoms in total. The number of thiazole rings is 1. The molecule has 0 radical (unpaired) electrons. The maximum atomic E-state index is 12.6. The lowest BCUT2D eigenvalue weighted by Gasteiger charge is -2.39. The topological polar surface area (TPSA) is 96.6 Å². The van der Waals surface area contributed by atoms with Crippen LogP contribution in [0.5, 0.6) is 0 Å². The predicted octanol–water partition coefficient (Wildman–Crippen LogP) is 0.946. The van der Waals surface area contributed by atoms with Crippen molar-refractivity contribution < 1.29 is 13.2 Å². The highest BCUT2D eigenvalue weighted by Crippen LogP contribution is 2.30. The van der Waals surface area contributed by atoms with Gasteiger partial charge in [0.25, 0.3) is 0 Å². The van der Waals surface area contributed by atoms with Crippen LogP contribution in [0.2, 0.25) is 0 Å². The van der Waals surface area contributed by atoms with Gasteiger partial charge in [-0.3, -0.25) is 4.79 Å². The van der Waals surface area contributed by atoms with Crippen LogP contribution < -0.4 is 10.0 Å². The minimum atomic E-state index is -3.81. The number of hydrogen-bond acceptors (Lipinski definition) is 6. The van der Waals surface area contributed by atoms with Crippen molar-refractivity contribution in [1.82, 2.24) is 9.88 Å². The van der Waals surface area contributed by atoms with Gasteiger partial charge in [0.05, 0.1) is 0 Å². The van der Waals surface area contributed by atoms with Crippen LogP contribution in [0.3, 0.4) is 0 Å². The molecule has 1 aromatic rings. The van der Waals surface area contributed by atoms with E-state index >= 15 is 0 Å². The average molecular weight is 361 g/mol. The van der Waals surface area contributed by atoms with Crippen LogP contribution >= 0.6 is 11.3 Å². The Kier molecular flexibility index (Phi) is 5.64. The molecule has 1 amide bonds. The van der Waals surface area contributed by atoms with Gasteiger partial charge in [-0.15, -0.1) is 11.3 Å². The molecule has 2 rings (SSSR count). The van der Waals surface area contributed by atoms with Gasteiger partial charge in [-0.25, -0.2) is 17.7 Å². The zero-order valence-corrected chi connectivity index (χ0v) is 15.4. The molecule has 1 aliphatic rings. The number of carbonyl (C=O) groups excluding carboxylic acids is 1. The van der Waals surface area contributed by atoms with Gasteiger partial charge in [0.2, 0.25) is 15.9 Å². The number of aromatic nitrogens is 1. The van der Waals surface area contributed by atoms with Crippen molar-refractivity contribution in [2.75, 3.05) is 23.1 Å². The fraction of sp³-hybridized carbons (Fsp3) is 0.714. The minimum absolute atomic E-state index is 0.181. The molecule has 0 spiro atoms. The van der Waals surface area contributed by atoms with E-state index in [0.717, 1.165) is 30.8 Å². The fourth-order valence-electron chi connectivity index (χ4n) is 2.83. The summed E-state index contributed by atoms with van der Waals surface area (Å²) >= 11 is 1.32. The Bertz CT molecular complexity index is 649. The Balaban J connectivity index is 2.27. The first-order valence-corrected chi connectivity index (χ1v) is 10.1. The van der Waals surface area contributed by atoms with Gasteiger partial charge in [-0.1, -0.05) is 0 Å². The summed E-state index contributed by atoms with van der Waals surface area (Å²) < 4.78 is 26.6. The van der Waals surface area contributed by atoms with Crippen LogP contribution in [-0.2, 0) is 14.8 Å². The lowest BCUT2D eigenvalue weighted by molar-refractivity contribution is -0.115. The predicted molar refractivity (Wildman–Crippen MR) is 92.0 cm³/mol. The smallest absolute Gasteiger partial charge is 0.246 e. The first-order chi connectivity index (χ1) is 10.7. The van der Waals surface area contributed by atoms with Crippen LogP contribution in [0.4, 0.5) is 5.13 Å². The van der Waals surface area contributed by atoms with Crippen molar-refractivity contribution in [1.29, 1.82) is 0 Å². The SMILES string of the molecule is Cc1cnc(N(C2CCN(C(C)C)CC2)S(=O)(=O)CC(N)=O)s1. The Morgan fingerprint density at radius 1 is 1.48 bits per heavy atom. The van der Waals surface area contributed by atoms with Crippen molar-refractivity contribution in [3.05, 3.63) is 11.1 Å². The summed E-state index contributed by atoms with van der Waals surface area (Å²) in [4.78, 5) is 18.6. The number of amides is 1. The first kappa shape index (κ1) is 18.2. The highest BCUT2D eigenvalue weighted by molar-refractivity contribution is 7.93. The Labute approximate surface area is 141 Å². The number of anilines is 1. The van der Waals surface area contributed by atoms with E-state index in [2.05, 4.69) is 23.7 Å². The van der Waals surface area contributed by atoms with Crippen LogP contribution in [0.25, 0.3) is 0 Å². The zero-order valence-electron chi connectivity index (χ0n) is 13.7.